The number of benzene rings is 2. The van der Waals surface area contributed by atoms with E-state index < -0.39 is 10.9 Å². The summed E-state index contributed by atoms with van der Waals surface area (Å²) in [5.74, 6) is 0.530. The molecule has 136 valence electrons. The summed E-state index contributed by atoms with van der Waals surface area (Å²) < 4.78 is 15.9. The predicted molar refractivity (Wildman–Crippen MR) is 96.1 cm³/mol. The van der Waals surface area contributed by atoms with Gasteiger partial charge in [0.15, 0.2) is 18.1 Å². The second kappa shape index (κ2) is 8.66. The van der Waals surface area contributed by atoms with E-state index in [1.54, 1.807) is 12.1 Å². The minimum absolute atomic E-state index is 0.209. The molecule has 0 saturated carbocycles. The average Bonchev–Trinajstić information content (AvgIpc) is 2.62. The molecule has 0 N–H and O–H groups in total. The Morgan fingerprint density at radius 3 is 2.62 bits per heavy atom. The molecule has 0 bridgehead atoms. The number of methoxy groups -OCH3 is 1. The van der Waals surface area contributed by atoms with Crippen LogP contribution in [-0.4, -0.2) is 24.6 Å². The van der Waals surface area contributed by atoms with E-state index in [0.717, 1.165) is 17.3 Å². The zero-order valence-electron chi connectivity index (χ0n) is 14.7. The van der Waals surface area contributed by atoms with E-state index in [1.165, 1.54) is 25.3 Å². The van der Waals surface area contributed by atoms with E-state index in [1.807, 2.05) is 26.0 Å². The van der Waals surface area contributed by atoms with Crippen LogP contribution in [0, 0.1) is 24.0 Å². The van der Waals surface area contributed by atoms with Crippen LogP contribution in [-0.2, 0) is 4.79 Å². The molecular weight excluding hydrogens is 338 g/mol. The Morgan fingerprint density at radius 1 is 1.15 bits per heavy atom. The first kappa shape index (κ1) is 19.0. The molecule has 0 fully saturated rings. The molecule has 0 saturated heterocycles. The molecule has 0 aliphatic heterocycles. The topological polar surface area (TPSA) is 87.9 Å². The Balaban J connectivity index is 2.04. The lowest BCUT2D eigenvalue weighted by Gasteiger charge is -2.12. The van der Waals surface area contributed by atoms with Gasteiger partial charge in [0.1, 0.15) is 5.75 Å². The summed E-state index contributed by atoms with van der Waals surface area (Å²) in [6, 6.07) is 10.2. The summed E-state index contributed by atoms with van der Waals surface area (Å²) in [7, 11) is 1.42. The third-order valence-electron chi connectivity index (χ3n) is 3.70. The van der Waals surface area contributed by atoms with Crippen molar-refractivity contribution in [3.05, 3.63) is 69.4 Å². The van der Waals surface area contributed by atoms with Gasteiger partial charge in [-0.3, -0.25) is 10.1 Å². The van der Waals surface area contributed by atoms with Gasteiger partial charge < -0.3 is 14.2 Å². The summed E-state index contributed by atoms with van der Waals surface area (Å²) in [5, 5.41) is 10.4. The molecule has 0 atom stereocenters. The first-order valence-corrected chi connectivity index (χ1v) is 7.80. The van der Waals surface area contributed by atoms with Gasteiger partial charge in [-0.25, -0.2) is 4.79 Å². The molecule has 0 aromatic heterocycles. The van der Waals surface area contributed by atoms with Crippen LogP contribution in [0.3, 0.4) is 0 Å². The van der Waals surface area contributed by atoms with Crippen LogP contribution >= 0.6 is 0 Å². The van der Waals surface area contributed by atoms with E-state index >= 15 is 0 Å². The highest BCUT2D eigenvalue weighted by Crippen LogP contribution is 2.29. The summed E-state index contributed by atoms with van der Waals surface area (Å²) in [6.45, 7) is 3.62. The molecule has 2 aromatic rings. The monoisotopic (exact) mass is 357 g/mol. The molecule has 0 heterocycles. The highest BCUT2D eigenvalue weighted by molar-refractivity contribution is 5.75. The zero-order valence-corrected chi connectivity index (χ0v) is 14.7. The van der Waals surface area contributed by atoms with Gasteiger partial charge in [-0.15, -0.1) is 0 Å². The van der Waals surface area contributed by atoms with Crippen molar-refractivity contribution in [3.8, 4) is 17.2 Å². The summed E-state index contributed by atoms with van der Waals surface area (Å²) in [4.78, 5) is 21.9. The number of hydrogen-bond acceptors (Lipinski definition) is 6. The summed E-state index contributed by atoms with van der Waals surface area (Å²) in [6.07, 6.45) is 2.14. The Kier molecular flexibility index (Phi) is 6.32. The van der Waals surface area contributed by atoms with Gasteiger partial charge in [-0.1, -0.05) is 18.2 Å². The third kappa shape index (κ3) is 5.07. The molecule has 0 aliphatic rings. The Morgan fingerprint density at radius 2 is 1.92 bits per heavy atom. The van der Waals surface area contributed by atoms with Crippen molar-refractivity contribution in [2.24, 2.45) is 0 Å². The fourth-order valence-electron chi connectivity index (χ4n) is 2.19. The fourth-order valence-corrected chi connectivity index (χ4v) is 2.19. The number of esters is 1. The Bertz CT molecular complexity index is 844. The molecule has 2 aromatic carbocycles. The van der Waals surface area contributed by atoms with E-state index in [-0.39, 0.29) is 18.1 Å². The minimum atomic E-state index is -0.585. The molecule has 7 nitrogen and oxygen atoms in total. The largest absolute Gasteiger partial charge is 0.493 e. The van der Waals surface area contributed by atoms with Gasteiger partial charge in [0.05, 0.1) is 12.0 Å². The second-order valence-electron chi connectivity index (χ2n) is 5.47. The third-order valence-corrected chi connectivity index (χ3v) is 3.70. The van der Waals surface area contributed by atoms with Crippen LogP contribution in [0.4, 0.5) is 0 Å². The van der Waals surface area contributed by atoms with Crippen molar-refractivity contribution in [3.63, 3.8) is 0 Å². The Hall–Kier alpha value is -3.35. The minimum Gasteiger partial charge on any atom is -0.493 e. The summed E-state index contributed by atoms with van der Waals surface area (Å²) >= 11 is 0. The SMILES string of the molecule is COc1cc(/C=C/[N+](=O)[O-])ccc1OC(=O)COc1cccc(C)c1C. The van der Waals surface area contributed by atoms with E-state index in [9.17, 15) is 14.9 Å². The maximum absolute atomic E-state index is 12.0. The molecule has 0 aliphatic carbocycles. The molecule has 0 amide bonds. The number of ether oxygens (including phenoxy) is 3. The summed E-state index contributed by atoms with van der Waals surface area (Å²) in [5.41, 5.74) is 2.57. The van der Waals surface area contributed by atoms with Crippen LogP contribution in [0.1, 0.15) is 16.7 Å². The number of nitro groups is 1. The number of carbonyl (C=O) groups is 1. The average molecular weight is 357 g/mol. The van der Waals surface area contributed by atoms with Crippen LogP contribution < -0.4 is 14.2 Å². The number of carbonyl (C=O) groups excluding carboxylic acids is 1. The highest BCUT2D eigenvalue weighted by atomic mass is 16.6. The fraction of sp³-hybridized carbons (Fsp3) is 0.211. The van der Waals surface area contributed by atoms with Crippen LogP contribution in [0.2, 0.25) is 0 Å². The first-order chi connectivity index (χ1) is 12.4. The number of rotatable bonds is 7. The molecule has 0 unspecified atom stereocenters. The molecule has 0 radical (unpaired) electrons. The van der Waals surface area contributed by atoms with Gasteiger partial charge in [0.25, 0.3) is 0 Å². The standard InChI is InChI=1S/C19H19NO6/c1-13-5-4-6-16(14(13)2)25-12-19(21)26-17-8-7-15(9-10-20(22)23)11-18(17)24-3/h4-11H,12H2,1-3H3/b10-9+. The van der Waals surface area contributed by atoms with Gasteiger partial charge in [-0.2, -0.15) is 0 Å². The van der Waals surface area contributed by atoms with E-state index in [2.05, 4.69) is 0 Å². The predicted octanol–water partition coefficient (Wildman–Crippen LogP) is 3.54. The van der Waals surface area contributed by atoms with Gasteiger partial charge in [0.2, 0.25) is 6.20 Å². The van der Waals surface area contributed by atoms with E-state index in [4.69, 9.17) is 14.2 Å². The van der Waals surface area contributed by atoms with Crippen molar-refractivity contribution in [2.45, 2.75) is 13.8 Å². The smallest absolute Gasteiger partial charge is 0.349 e. The maximum Gasteiger partial charge on any atom is 0.349 e. The van der Waals surface area contributed by atoms with Gasteiger partial charge >= 0.3 is 5.97 Å². The molecule has 26 heavy (non-hydrogen) atoms. The van der Waals surface area contributed by atoms with E-state index in [0.29, 0.717) is 11.3 Å². The quantitative estimate of drug-likeness (QED) is 0.326. The lowest BCUT2D eigenvalue weighted by Crippen LogP contribution is -2.18. The molecule has 7 heteroatoms. The number of aryl methyl sites for hydroxylation is 1. The van der Waals surface area contributed by atoms with Gasteiger partial charge in [0, 0.05) is 6.08 Å². The lowest BCUT2D eigenvalue weighted by atomic mass is 10.1. The maximum atomic E-state index is 12.0. The molecular formula is C19H19NO6. The zero-order chi connectivity index (χ0) is 19.1. The van der Waals surface area contributed by atoms with Crippen LogP contribution in [0.15, 0.2) is 42.6 Å². The second-order valence-corrected chi connectivity index (χ2v) is 5.47. The Labute approximate surface area is 151 Å². The van der Waals surface area contributed by atoms with Crippen molar-refractivity contribution < 1.29 is 23.9 Å². The number of hydrogen-bond donors (Lipinski definition) is 0. The number of nitrogens with zero attached hydrogens (tertiary/aromatic N) is 1. The molecule has 0 spiro atoms. The first-order valence-electron chi connectivity index (χ1n) is 7.80. The normalized spacial score (nSPS) is 10.6. The van der Waals surface area contributed by atoms with Crippen molar-refractivity contribution in [1.82, 2.24) is 0 Å². The van der Waals surface area contributed by atoms with Crippen LogP contribution in [0.5, 0.6) is 17.2 Å². The van der Waals surface area contributed by atoms with Crippen molar-refractivity contribution >= 4 is 12.0 Å². The van der Waals surface area contributed by atoms with Crippen LogP contribution in [0.25, 0.3) is 6.08 Å². The van der Waals surface area contributed by atoms with Crippen molar-refractivity contribution in [2.75, 3.05) is 13.7 Å². The van der Waals surface area contributed by atoms with Gasteiger partial charge in [-0.05, 0) is 48.7 Å². The molecule has 2 rings (SSSR count). The lowest BCUT2D eigenvalue weighted by molar-refractivity contribution is -0.400. The van der Waals surface area contributed by atoms with Crippen molar-refractivity contribution in [1.29, 1.82) is 0 Å². The highest BCUT2D eigenvalue weighted by Gasteiger charge is 2.12.